The Labute approximate surface area is 138 Å². The highest BCUT2D eigenvalue weighted by molar-refractivity contribution is 6.35. The topological polar surface area (TPSA) is 66.5 Å². The van der Waals surface area contributed by atoms with Crippen LogP contribution in [0.15, 0.2) is 18.2 Å². The van der Waals surface area contributed by atoms with E-state index in [0.717, 1.165) is 10.5 Å². The van der Waals surface area contributed by atoms with Gasteiger partial charge in [0.1, 0.15) is 0 Å². The first kappa shape index (κ1) is 16.8. The molecule has 0 radical (unpaired) electrons. The first-order valence-corrected chi connectivity index (χ1v) is 7.71. The lowest BCUT2D eigenvalue weighted by atomic mass is 10.1. The van der Waals surface area contributed by atoms with Gasteiger partial charge in [-0.15, -0.1) is 0 Å². The maximum atomic E-state index is 11.9. The predicted octanol–water partition coefficient (Wildman–Crippen LogP) is 2.71. The van der Waals surface area contributed by atoms with Crippen LogP contribution in [0.4, 0.5) is 0 Å². The number of nitrogens with one attached hydrogen (secondary N) is 1. The maximum Gasteiger partial charge on any atom is 0.229 e. The monoisotopic (exact) mass is 342 g/mol. The van der Waals surface area contributed by atoms with Crippen LogP contribution in [-0.2, 0) is 14.4 Å². The number of amides is 3. The van der Waals surface area contributed by atoms with Gasteiger partial charge in [0.25, 0.3) is 0 Å². The molecule has 1 N–H and O–H groups in total. The van der Waals surface area contributed by atoms with E-state index in [2.05, 4.69) is 5.32 Å². The summed E-state index contributed by atoms with van der Waals surface area (Å²) in [6.07, 6.45) is 0.543. The second-order valence-electron chi connectivity index (χ2n) is 5.14. The number of nitrogens with zero attached hydrogens (tertiary/aromatic N) is 1. The van der Waals surface area contributed by atoms with Crippen molar-refractivity contribution in [1.82, 2.24) is 10.2 Å². The van der Waals surface area contributed by atoms with Gasteiger partial charge < -0.3 is 5.32 Å². The minimum absolute atomic E-state index is 0.0764. The second-order valence-corrected chi connectivity index (χ2v) is 5.99. The Balaban J connectivity index is 1.88. The van der Waals surface area contributed by atoms with E-state index in [-0.39, 0.29) is 49.6 Å². The minimum atomic E-state index is -0.290. The summed E-state index contributed by atoms with van der Waals surface area (Å²) in [5.74, 6) is -0.677. The van der Waals surface area contributed by atoms with Gasteiger partial charge in [-0.1, -0.05) is 29.3 Å². The van der Waals surface area contributed by atoms with Crippen molar-refractivity contribution < 1.29 is 14.4 Å². The zero-order valence-electron chi connectivity index (χ0n) is 12.1. The molecule has 1 heterocycles. The van der Waals surface area contributed by atoms with Crippen molar-refractivity contribution in [1.29, 1.82) is 0 Å². The van der Waals surface area contributed by atoms with Gasteiger partial charge >= 0.3 is 0 Å². The number of likely N-dealkylation sites (tertiary alicyclic amines) is 1. The van der Waals surface area contributed by atoms with E-state index in [4.69, 9.17) is 23.2 Å². The Kier molecular flexibility index (Phi) is 5.42. The van der Waals surface area contributed by atoms with Crippen LogP contribution in [-0.4, -0.2) is 29.2 Å². The number of imide groups is 1. The van der Waals surface area contributed by atoms with Gasteiger partial charge in [0, 0.05) is 35.9 Å². The fraction of sp³-hybridized carbons (Fsp3) is 0.400. The Hall–Kier alpha value is -1.59. The quantitative estimate of drug-likeness (QED) is 0.836. The number of carbonyl (C=O) groups is 3. The summed E-state index contributed by atoms with van der Waals surface area (Å²) in [5, 5.41) is 3.80. The molecule has 0 aromatic heterocycles. The van der Waals surface area contributed by atoms with Gasteiger partial charge in [0.05, 0.1) is 6.04 Å². The summed E-state index contributed by atoms with van der Waals surface area (Å²) in [5.41, 5.74) is 0.757. The summed E-state index contributed by atoms with van der Waals surface area (Å²) >= 11 is 11.9. The Morgan fingerprint density at radius 2 is 1.91 bits per heavy atom. The third-order valence-corrected chi connectivity index (χ3v) is 4.09. The molecular weight excluding hydrogens is 327 g/mol. The van der Waals surface area contributed by atoms with Crippen LogP contribution in [0.2, 0.25) is 10.0 Å². The number of hydrogen-bond donors (Lipinski definition) is 1. The van der Waals surface area contributed by atoms with E-state index in [1.165, 1.54) is 0 Å². The summed E-state index contributed by atoms with van der Waals surface area (Å²) < 4.78 is 0. The fourth-order valence-corrected chi connectivity index (χ4v) is 2.90. The zero-order chi connectivity index (χ0) is 16.3. The van der Waals surface area contributed by atoms with Crippen molar-refractivity contribution in [3.8, 4) is 0 Å². The van der Waals surface area contributed by atoms with Crippen molar-refractivity contribution in [2.24, 2.45) is 0 Å². The van der Waals surface area contributed by atoms with Gasteiger partial charge in [0.2, 0.25) is 17.7 Å². The third kappa shape index (κ3) is 3.99. The lowest BCUT2D eigenvalue weighted by Gasteiger charge is -2.17. The molecule has 0 bridgehead atoms. The molecule has 118 valence electrons. The highest BCUT2D eigenvalue weighted by Crippen LogP contribution is 2.26. The fourth-order valence-electron chi connectivity index (χ4n) is 2.33. The molecule has 7 heteroatoms. The molecule has 3 amide bonds. The lowest BCUT2D eigenvalue weighted by molar-refractivity contribution is -0.138. The molecular formula is C15H16Cl2N2O3. The van der Waals surface area contributed by atoms with E-state index >= 15 is 0 Å². The van der Waals surface area contributed by atoms with E-state index < -0.39 is 0 Å². The van der Waals surface area contributed by atoms with Gasteiger partial charge in [-0.3, -0.25) is 19.3 Å². The summed E-state index contributed by atoms with van der Waals surface area (Å²) in [4.78, 5) is 36.0. The van der Waals surface area contributed by atoms with Crippen molar-refractivity contribution in [3.05, 3.63) is 33.8 Å². The van der Waals surface area contributed by atoms with Gasteiger partial charge in [-0.2, -0.15) is 0 Å². The van der Waals surface area contributed by atoms with Gasteiger partial charge in [-0.25, -0.2) is 0 Å². The molecule has 1 aromatic rings. The molecule has 1 aromatic carbocycles. The van der Waals surface area contributed by atoms with Crippen molar-refractivity contribution in [2.75, 3.05) is 6.54 Å². The van der Waals surface area contributed by atoms with Gasteiger partial charge in [0.15, 0.2) is 0 Å². The van der Waals surface area contributed by atoms with E-state index in [1.54, 1.807) is 25.1 Å². The highest BCUT2D eigenvalue weighted by Gasteiger charge is 2.28. The Morgan fingerprint density at radius 3 is 2.50 bits per heavy atom. The van der Waals surface area contributed by atoms with Crippen LogP contribution in [0, 0.1) is 0 Å². The number of rotatable bonds is 5. The molecule has 0 unspecified atom stereocenters. The molecule has 1 atom stereocenters. The van der Waals surface area contributed by atoms with Crippen LogP contribution >= 0.6 is 23.2 Å². The summed E-state index contributed by atoms with van der Waals surface area (Å²) in [6, 6.07) is 4.78. The minimum Gasteiger partial charge on any atom is -0.349 e. The van der Waals surface area contributed by atoms with Crippen LogP contribution < -0.4 is 5.32 Å². The van der Waals surface area contributed by atoms with Crippen LogP contribution in [0.5, 0.6) is 0 Å². The highest BCUT2D eigenvalue weighted by atomic mass is 35.5. The molecule has 0 spiro atoms. The molecule has 5 nitrogen and oxygen atoms in total. The molecule has 1 fully saturated rings. The molecule has 0 aliphatic carbocycles. The first-order valence-electron chi connectivity index (χ1n) is 6.96. The normalized spacial score (nSPS) is 16.0. The second kappa shape index (κ2) is 7.11. The van der Waals surface area contributed by atoms with Crippen LogP contribution in [0.25, 0.3) is 0 Å². The zero-order valence-corrected chi connectivity index (χ0v) is 13.6. The smallest absolute Gasteiger partial charge is 0.229 e. The molecule has 1 aliphatic heterocycles. The average Bonchev–Trinajstić information content (AvgIpc) is 2.75. The molecule has 22 heavy (non-hydrogen) atoms. The van der Waals surface area contributed by atoms with Gasteiger partial charge in [-0.05, 0) is 24.6 Å². The molecule has 1 saturated heterocycles. The number of carbonyl (C=O) groups excluding carboxylic acids is 3. The maximum absolute atomic E-state index is 11.9. The number of halogens is 2. The average molecular weight is 343 g/mol. The summed E-state index contributed by atoms with van der Waals surface area (Å²) in [6.45, 7) is 1.92. The first-order chi connectivity index (χ1) is 10.4. The Morgan fingerprint density at radius 1 is 1.27 bits per heavy atom. The van der Waals surface area contributed by atoms with Crippen LogP contribution in [0.3, 0.4) is 0 Å². The van der Waals surface area contributed by atoms with Crippen molar-refractivity contribution in [2.45, 2.75) is 32.2 Å². The Bertz CT molecular complexity index is 603. The standard InChI is InChI=1S/C15H16Cl2N2O3/c1-9(11-3-2-10(16)8-12(11)17)18-13(20)6-7-19-14(21)4-5-15(19)22/h2-3,8-9H,4-7H2,1H3,(H,18,20)/t9-/m1/s1. The third-order valence-electron chi connectivity index (χ3n) is 3.52. The van der Waals surface area contributed by atoms with E-state index in [9.17, 15) is 14.4 Å². The SMILES string of the molecule is C[C@@H](NC(=O)CCN1C(=O)CCC1=O)c1ccc(Cl)cc1Cl. The van der Waals surface area contributed by atoms with Crippen molar-refractivity contribution >= 4 is 40.9 Å². The number of hydrogen-bond acceptors (Lipinski definition) is 3. The molecule has 1 aliphatic rings. The molecule has 0 saturated carbocycles. The predicted molar refractivity (Wildman–Crippen MR) is 83.6 cm³/mol. The molecule has 2 rings (SSSR count). The van der Waals surface area contributed by atoms with Crippen LogP contribution in [0.1, 0.15) is 37.8 Å². The number of benzene rings is 1. The summed E-state index contributed by atoms with van der Waals surface area (Å²) in [7, 11) is 0. The van der Waals surface area contributed by atoms with E-state index in [0.29, 0.717) is 10.0 Å². The van der Waals surface area contributed by atoms with E-state index in [1.807, 2.05) is 0 Å². The lowest BCUT2D eigenvalue weighted by Crippen LogP contribution is -2.34. The van der Waals surface area contributed by atoms with Crippen molar-refractivity contribution in [3.63, 3.8) is 0 Å². The largest absolute Gasteiger partial charge is 0.349 e.